The predicted octanol–water partition coefficient (Wildman–Crippen LogP) is 4.03. The third-order valence-corrected chi connectivity index (χ3v) is 13.4. The maximum absolute atomic E-state index is 13.5. The van der Waals surface area contributed by atoms with Crippen LogP contribution in [0.15, 0.2) is 40.9 Å². The van der Waals surface area contributed by atoms with Gasteiger partial charge in [-0.2, -0.15) is 0 Å². The summed E-state index contributed by atoms with van der Waals surface area (Å²) < 4.78 is 31.0. The van der Waals surface area contributed by atoms with E-state index in [2.05, 4.69) is 6.92 Å². The Bertz CT molecular complexity index is 1390. The molecule has 6 aliphatic rings. The van der Waals surface area contributed by atoms with E-state index < -0.39 is 46.6 Å². The number of carbonyl (C=O) groups is 1. The first-order valence-corrected chi connectivity index (χ1v) is 17.6. The third-order valence-electron chi connectivity index (χ3n) is 13.4. The number of hydrogen-bond donors (Lipinski definition) is 4. The Kier molecular flexibility index (Phi) is 8.70. The molecule has 1 aromatic rings. The van der Waals surface area contributed by atoms with Crippen LogP contribution in [0.5, 0.6) is 0 Å². The zero-order chi connectivity index (χ0) is 33.2. The van der Waals surface area contributed by atoms with Gasteiger partial charge in [0, 0.05) is 42.5 Å². The Morgan fingerprint density at radius 1 is 1.04 bits per heavy atom. The molecule has 10 heteroatoms. The van der Waals surface area contributed by atoms with E-state index in [1.54, 1.807) is 25.1 Å². The molecule has 47 heavy (non-hydrogen) atoms. The average Bonchev–Trinajstić information content (AvgIpc) is 3.58. The summed E-state index contributed by atoms with van der Waals surface area (Å²) in [6.45, 7) is 4.71. The molecule has 4 saturated carbocycles. The van der Waals surface area contributed by atoms with Gasteiger partial charge in [-0.15, -0.1) is 0 Å². The van der Waals surface area contributed by atoms with E-state index in [0.29, 0.717) is 58.1 Å². The van der Waals surface area contributed by atoms with Crippen LogP contribution in [0, 0.1) is 34.4 Å². The fourth-order valence-electron chi connectivity index (χ4n) is 10.9. The molecular formula is C37H50FNO8. The zero-order valence-corrected chi connectivity index (χ0v) is 27.5. The standard InChI is InChI=1S/C37H50FNO8/c1-22-33(42)30(40)18-32(46-22)47-26-7-13-35(21-39-16-11-23-3-5-25(38)6-4-23)28-8-12-34(2)27(24-17-31(41)45-20-24)10-15-37(34,44)29(28)9-14-36(35,43)19-26/h3-6,17,21-22,26-30,32-33,40,42-44H,7-16,18-20H2,1-2H3. The molecule has 1 aromatic carbocycles. The van der Waals surface area contributed by atoms with E-state index in [1.807, 2.05) is 6.21 Å². The Labute approximate surface area is 276 Å². The first kappa shape index (κ1) is 33.3. The molecule has 2 aliphatic heterocycles. The molecule has 12 atom stereocenters. The number of nitrogens with zero attached hydrogens (tertiary/aromatic N) is 1. The average molecular weight is 656 g/mol. The number of aliphatic imine (C=N–C) groups is 1. The van der Waals surface area contributed by atoms with Gasteiger partial charge < -0.3 is 34.6 Å². The summed E-state index contributed by atoms with van der Waals surface area (Å²) >= 11 is 0. The lowest BCUT2D eigenvalue weighted by molar-refractivity contribution is -0.282. The Hall–Kier alpha value is -2.21. The van der Waals surface area contributed by atoms with Gasteiger partial charge in [-0.25, -0.2) is 9.18 Å². The molecule has 7 rings (SSSR count). The molecule has 4 N–H and O–H groups in total. The third kappa shape index (κ3) is 5.51. The van der Waals surface area contributed by atoms with Gasteiger partial charge in [0.05, 0.1) is 29.5 Å². The van der Waals surface area contributed by atoms with Gasteiger partial charge in [0.2, 0.25) is 0 Å². The van der Waals surface area contributed by atoms with Crippen molar-refractivity contribution in [2.45, 2.75) is 126 Å². The van der Waals surface area contributed by atoms with Crippen LogP contribution in [0.4, 0.5) is 4.39 Å². The van der Waals surface area contributed by atoms with Gasteiger partial charge in [-0.3, -0.25) is 4.99 Å². The zero-order valence-electron chi connectivity index (χ0n) is 27.5. The maximum Gasteiger partial charge on any atom is 0.331 e. The fourth-order valence-corrected chi connectivity index (χ4v) is 10.9. The van der Waals surface area contributed by atoms with Gasteiger partial charge in [0.1, 0.15) is 18.5 Å². The van der Waals surface area contributed by atoms with Crippen LogP contribution in [-0.2, 0) is 25.4 Å². The molecule has 0 bridgehead atoms. The van der Waals surface area contributed by atoms with Crippen LogP contribution < -0.4 is 0 Å². The summed E-state index contributed by atoms with van der Waals surface area (Å²) in [4.78, 5) is 16.9. The number of aliphatic hydroxyl groups is 4. The number of carbonyl (C=O) groups excluding carboxylic acids is 1. The molecule has 5 fully saturated rings. The minimum Gasteiger partial charge on any atom is -0.458 e. The first-order valence-electron chi connectivity index (χ1n) is 17.6. The number of halogens is 1. The summed E-state index contributed by atoms with van der Waals surface area (Å²) in [5.74, 6) is -0.523. The molecule has 1 saturated heterocycles. The summed E-state index contributed by atoms with van der Waals surface area (Å²) in [6, 6.07) is 6.46. The highest BCUT2D eigenvalue weighted by Gasteiger charge is 2.71. The molecule has 4 aliphatic carbocycles. The topological polar surface area (TPSA) is 138 Å². The number of cyclic esters (lactones) is 1. The number of hydrogen-bond acceptors (Lipinski definition) is 9. The van der Waals surface area contributed by atoms with E-state index in [0.717, 1.165) is 30.4 Å². The molecule has 9 nitrogen and oxygen atoms in total. The number of rotatable bonds is 7. The van der Waals surface area contributed by atoms with Crippen molar-refractivity contribution in [3.63, 3.8) is 0 Å². The van der Waals surface area contributed by atoms with Crippen LogP contribution in [0.25, 0.3) is 0 Å². The van der Waals surface area contributed by atoms with E-state index in [4.69, 9.17) is 19.2 Å². The quantitative estimate of drug-likeness (QED) is 0.196. The number of benzene rings is 1. The number of fused-ring (bicyclic) bond motifs is 5. The number of aliphatic hydroxyl groups excluding tert-OH is 2. The summed E-state index contributed by atoms with van der Waals surface area (Å²) in [7, 11) is 0. The summed E-state index contributed by atoms with van der Waals surface area (Å²) in [6.07, 6.45) is 6.93. The van der Waals surface area contributed by atoms with Crippen LogP contribution in [-0.4, -0.2) is 87.7 Å². The predicted molar refractivity (Wildman–Crippen MR) is 171 cm³/mol. The second-order valence-electron chi connectivity index (χ2n) is 15.6. The molecule has 2 heterocycles. The van der Waals surface area contributed by atoms with Gasteiger partial charge in [-0.1, -0.05) is 19.1 Å². The lowest BCUT2D eigenvalue weighted by Crippen LogP contribution is -2.69. The smallest absolute Gasteiger partial charge is 0.331 e. The molecular weight excluding hydrogens is 605 g/mol. The molecule has 12 unspecified atom stereocenters. The SMILES string of the molecule is CC1OC(OC2CCC3(C=NCCc4ccc(F)cc4)C4CCC5(C)C(C6=CC(=O)OC6)CCC5(O)C4CCC3(O)C2)CC(O)C1O. The monoisotopic (exact) mass is 655 g/mol. The summed E-state index contributed by atoms with van der Waals surface area (Å²) in [5.41, 5.74) is -1.15. The first-order chi connectivity index (χ1) is 22.4. The van der Waals surface area contributed by atoms with E-state index in [9.17, 15) is 29.6 Å². The number of ether oxygens (including phenoxy) is 3. The van der Waals surface area contributed by atoms with Crippen LogP contribution in [0.3, 0.4) is 0 Å². The molecule has 0 radical (unpaired) electrons. The van der Waals surface area contributed by atoms with E-state index in [-0.39, 0.29) is 42.1 Å². The summed E-state index contributed by atoms with van der Waals surface area (Å²) in [5, 5.41) is 46.0. The Morgan fingerprint density at radius 2 is 1.81 bits per heavy atom. The highest BCUT2D eigenvalue weighted by atomic mass is 19.1. The van der Waals surface area contributed by atoms with E-state index >= 15 is 0 Å². The maximum atomic E-state index is 13.5. The van der Waals surface area contributed by atoms with Gasteiger partial charge in [0.15, 0.2) is 6.29 Å². The van der Waals surface area contributed by atoms with Crippen molar-refractivity contribution in [3.8, 4) is 0 Å². The lowest BCUT2D eigenvalue weighted by atomic mass is 9.41. The minimum atomic E-state index is -1.12. The van der Waals surface area contributed by atoms with Crippen molar-refractivity contribution in [1.29, 1.82) is 0 Å². The van der Waals surface area contributed by atoms with Crippen molar-refractivity contribution < 1.29 is 43.8 Å². The normalized spacial score (nSPS) is 46.4. The van der Waals surface area contributed by atoms with Crippen LogP contribution in [0.2, 0.25) is 0 Å². The van der Waals surface area contributed by atoms with Crippen LogP contribution in [0.1, 0.15) is 83.6 Å². The Balaban J connectivity index is 1.15. The molecule has 0 spiro atoms. The Morgan fingerprint density at radius 3 is 2.53 bits per heavy atom. The van der Waals surface area contributed by atoms with Crippen molar-refractivity contribution in [2.75, 3.05) is 13.2 Å². The van der Waals surface area contributed by atoms with Crippen LogP contribution >= 0.6 is 0 Å². The fraction of sp³-hybridized carbons (Fsp3) is 0.730. The van der Waals surface area contributed by atoms with Crippen molar-refractivity contribution in [1.82, 2.24) is 0 Å². The number of esters is 1. The molecule has 0 amide bonds. The second-order valence-corrected chi connectivity index (χ2v) is 15.6. The van der Waals surface area contributed by atoms with Crippen molar-refractivity contribution in [2.24, 2.45) is 33.6 Å². The largest absolute Gasteiger partial charge is 0.458 e. The minimum absolute atomic E-state index is 0.00644. The van der Waals surface area contributed by atoms with Gasteiger partial charge in [-0.05, 0) is 106 Å². The second kappa shape index (κ2) is 12.3. The molecule has 0 aromatic heterocycles. The highest BCUT2D eigenvalue weighted by molar-refractivity contribution is 5.85. The van der Waals surface area contributed by atoms with Crippen molar-refractivity contribution in [3.05, 3.63) is 47.3 Å². The van der Waals surface area contributed by atoms with Crippen molar-refractivity contribution >= 4 is 12.2 Å². The lowest BCUT2D eigenvalue weighted by Gasteiger charge is -2.66. The highest BCUT2D eigenvalue weighted by Crippen LogP contribution is 2.70. The molecule has 258 valence electrons. The van der Waals surface area contributed by atoms with E-state index in [1.165, 1.54) is 12.1 Å². The van der Waals surface area contributed by atoms with Gasteiger partial charge in [0.25, 0.3) is 0 Å². The van der Waals surface area contributed by atoms with Gasteiger partial charge >= 0.3 is 5.97 Å².